The Morgan fingerprint density at radius 2 is 2.21 bits per heavy atom. The number of likely N-dealkylation sites (tertiary alicyclic amines) is 1. The van der Waals surface area contributed by atoms with Gasteiger partial charge in [0.2, 0.25) is 0 Å². The molecule has 0 saturated carbocycles. The van der Waals surface area contributed by atoms with Crippen LogP contribution in [0.25, 0.3) is 0 Å². The number of hydrogen-bond acceptors (Lipinski definition) is 3. The first-order chi connectivity index (χ1) is 6.54. The molecule has 0 unspecified atom stereocenters. The Kier molecular flexibility index (Phi) is 3.16. The molecule has 1 rings (SSSR count). The Morgan fingerprint density at radius 3 is 2.64 bits per heavy atom. The summed E-state index contributed by atoms with van der Waals surface area (Å²) in [4.78, 5) is 22.8. The highest BCUT2D eigenvalue weighted by atomic mass is 16.6. The molecule has 80 valence electrons. The molecule has 1 heterocycles. The van der Waals surface area contributed by atoms with Crippen LogP contribution in [-0.2, 0) is 4.74 Å². The molecule has 0 spiro atoms. The normalized spacial score (nSPS) is 26.0. The Balaban J connectivity index is 2.46. The lowest BCUT2D eigenvalue weighted by Crippen LogP contribution is -2.34. The molecule has 6 nitrogen and oxygen atoms in total. The number of alkyl carbamates (subject to hydrolysis) is 1. The van der Waals surface area contributed by atoms with E-state index in [2.05, 4.69) is 5.32 Å². The first-order valence-corrected chi connectivity index (χ1v) is 4.42. The predicted molar refractivity (Wildman–Crippen MR) is 48.1 cm³/mol. The first kappa shape index (κ1) is 10.6. The van der Waals surface area contributed by atoms with E-state index >= 15 is 0 Å². The summed E-state index contributed by atoms with van der Waals surface area (Å²) < 4.78 is 4.96. The maximum absolute atomic E-state index is 10.9. The molecule has 1 saturated heterocycles. The fourth-order valence-corrected chi connectivity index (χ4v) is 1.54. The van der Waals surface area contributed by atoms with Crippen LogP contribution >= 0.6 is 0 Å². The molecular weight excluding hydrogens is 188 g/mol. The van der Waals surface area contributed by atoms with Crippen molar-refractivity contribution in [2.75, 3.05) is 13.6 Å². The van der Waals surface area contributed by atoms with Crippen molar-refractivity contribution in [1.82, 2.24) is 10.2 Å². The van der Waals surface area contributed by atoms with Crippen LogP contribution < -0.4 is 5.32 Å². The van der Waals surface area contributed by atoms with Crippen LogP contribution in [0.1, 0.15) is 13.3 Å². The number of carbonyl (C=O) groups is 2. The van der Waals surface area contributed by atoms with Crippen LogP contribution in [0.15, 0.2) is 0 Å². The molecule has 14 heavy (non-hydrogen) atoms. The summed E-state index contributed by atoms with van der Waals surface area (Å²) >= 11 is 0. The number of amides is 2. The number of carbonyl (C=O) groups excluding carboxylic acids is 1. The van der Waals surface area contributed by atoms with Crippen molar-refractivity contribution in [3.05, 3.63) is 0 Å². The lowest BCUT2D eigenvalue weighted by molar-refractivity contribution is 0.0989. The summed E-state index contributed by atoms with van der Waals surface area (Å²) in [6.07, 6.45) is -1.27. The van der Waals surface area contributed by atoms with E-state index in [1.54, 1.807) is 6.92 Å². The first-order valence-electron chi connectivity index (χ1n) is 4.42. The highest BCUT2D eigenvalue weighted by Gasteiger charge is 2.34. The van der Waals surface area contributed by atoms with Gasteiger partial charge in [0.15, 0.2) is 0 Å². The average Bonchev–Trinajstić information content (AvgIpc) is 2.46. The zero-order valence-electron chi connectivity index (χ0n) is 8.19. The molecular formula is C8H14N2O4. The minimum atomic E-state index is -0.972. The molecule has 2 amide bonds. The maximum Gasteiger partial charge on any atom is 0.407 e. The van der Waals surface area contributed by atoms with Gasteiger partial charge in [-0.25, -0.2) is 9.59 Å². The summed E-state index contributed by atoms with van der Waals surface area (Å²) in [6, 6.07) is -0.0952. The third-order valence-electron chi connectivity index (χ3n) is 2.26. The average molecular weight is 202 g/mol. The van der Waals surface area contributed by atoms with E-state index in [-0.39, 0.29) is 18.7 Å². The fraction of sp³-hybridized carbons (Fsp3) is 0.750. The van der Waals surface area contributed by atoms with Crippen LogP contribution in [0.5, 0.6) is 0 Å². The SMILES string of the molecule is CNC(=O)O[C@@H]1C[C@@H](C)N(C(=O)O)C1. The van der Waals surface area contributed by atoms with Crippen molar-refractivity contribution in [3.63, 3.8) is 0 Å². The number of nitrogens with one attached hydrogen (secondary N) is 1. The highest BCUT2D eigenvalue weighted by Crippen LogP contribution is 2.19. The molecule has 2 N–H and O–H groups in total. The fourth-order valence-electron chi connectivity index (χ4n) is 1.54. The molecule has 0 aliphatic carbocycles. The zero-order valence-corrected chi connectivity index (χ0v) is 8.19. The standard InChI is InChI=1S/C8H14N2O4/c1-5-3-6(14-7(11)9-2)4-10(5)8(12)13/h5-6H,3-4H2,1-2H3,(H,9,11)(H,12,13)/t5-,6-/m1/s1. The van der Waals surface area contributed by atoms with E-state index in [4.69, 9.17) is 9.84 Å². The van der Waals surface area contributed by atoms with Crippen molar-refractivity contribution >= 4 is 12.2 Å². The van der Waals surface area contributed by atoms with Crippen LogP contribution in [0.3, 0.4) is 0 Å². The van der Waals surface area contributed by atoms with Gasteiger partial charge in [0.1, 0.15) is 6.10 Å². The maximum atomic E-state index is 10.9. The van der Waals surface area contributed by atoms with E-state index in [1.807, 2.05) is 0 Å². The van der Waals surface area contributed by atoms with Crippen molar-refractivity contribution in [1.29, 1.82) is 0 Å². The van der Waals surface area contributed by atoms with Crippen LogP contribution in [0.4, 0.5) is 9.59 Å². The van der Waals surface area contributed by atoms with Gasteiger partial charge in [0.25, 0.3) is 0 Å². The summed E-state index contributed by atoms with van der Waals surface area (Å²) in [5.74, 6) is 0. The van der Waals surface area contributed by atoms with Crippen molar-refractivity contribution in [2.45, 2.75) is 25.5 Å². The molecule has 1 aliphatic heterocycles. The third kappa shape index (κ3) is 2.27. The summed E-state index contributed by atoms with van der Waals surface area (Å²) in [7, 11) is 1.47. The number of nitrogens with zero attached hydrogens (tertiary/aromatic N) is 1. The van der Waals surface area contributed by atoms with Crippen LogP contribution in [0, 0.1) is 0 Å². The van der Waals surface area contributed by atoms with E-state index < -0.39 is 12.2 Å². The minimum absolute atomic E-state index is 0.0952. The minimum Gasteiger partial charge on any atom is -0.465 e. The van der Waals surface area contributed by atoms with Crippen molar-refractivity contribution in [2.24, 2.45) is 0 Å². The van der Waals surface area contributed by atoms with E-state index in [0.717, 1.165) is 0 Å². The molecule has 0 aromatic carbocycles. The quantitative estimate of drug-likeness (QED) is 0.648. The lowest BCUT2D eigenvalue weighted by atomic mass is 10.2. The lowest BCUT2D eigenvalue weighted by Gasteiger charge is -2.16. The van der Waals surface area contributed by atoms with Gasteiger partial charge in [-0.1, -0.05) is 0 Å². The second-order valence-corrected chi connectivity index (χ2v) is 3.30. The smallest absolute Gasteiger partial charge is 0.407 e. The monoisotopic (exact) mass is 202 g/mol. The highest BCUT2D eigenvalue weighted by molar-refractivity contribution is 5.68. The van der Waals surface area contributed by atoms with E-state index in [1.165, 1.54) is 11.9 Å². The van der Waals surface area contributed by atoms with Gasteiger partial charge >= 0.3 is 12.2 Å². The molecule has 0 aromatic heterocycles. The van der Waals surface area contributed by atoms with Gasteiger partial charge in [-0.15, -0.1) is 0 Å². The van der Waals surface area contributed by atoms with Gasteiger partial charge in [-0.3, -0.25) is 0 Å². The van der Waals surface area contributed by atoms with Crippen molar-refractivity contribution in [3.8, 4) is 0 Å². The Bertz CT molecular complexity index is 243. The van der Waals surface area contributed by atoms with Gasteiger partial charge in [0.05, 0.1) is 6.54 Å². The molecule has 1 aliphatic rings. The summed E-state index contributed by atoms with van der Waals surface area (Å²) in [6.45, 7) is 2.05. The van der Waals surface area contributed by atoms with E-state index in [9.17, 15) is 9.59 Å². The van der Waals surface area contributed by atoms with Gasteiger partial charge < -0.3 is 20.1 Å². The summed E-state index contributed by atoms with van der Waals surface area (Å²) in [5, 5.41) is 11.1. The Labute approximate surface area is 81.8 Å². The topological polar surface area (TPSA) is 78.9 Å². The number of carboxylic acid groups (broad SMARTS) is 1. The van der Waals surface area contributed by atoms with Gasteiger partial charge in [-0.2, -0.15) is 0 Å². The second-order valence-electron chi connectivity index (χ2n) is 3.30. The summed E-state index contributed by atoms with van der Waals surface area (Å²) in [5.41, 5.74) is 0. The van der Waals surface area contributed by atoms with Gasteiger partial charge in [0, 0.05) is 19.5 Å². The zero-order chi connectivity index (χ0) is 10.7. The third-order valence-corrected chi connectivity index (χ3v) is 2.26. The predicted octanol–water partition coefficient (Wildman–Crippen LogP) is 0.483. The Hall–Kier alpha value is -1.46. The number of ether oxygens (including phenoxy) is 1. The molecule has 0 bridgehead atoms. The number of hydrogen-bond donors (Lipinski definition) is 2. The van der Waals surface area contributed by atoms with E-state index in [0.29, 0.717) is 6.42 Å². The largest absolute Gasteiger partial charge is 0.465 e. The molecule has 0 aromatic rings. The van der Waals surface area contributed by atoms with Crippen LogP contribution in [0.2, 0.25) is 0 Å². The van der Waals surface area contributed by atoms with Gasteiger partial charge in [-0.05, 0) is 6.92 Å². The van der Waals surface area contributed by atoms with Crippen LogP contribution in [-0.4, -0.2) is 47.9 Å². The Morgan fingerprint density at radius 1 is 1.57 bits per heavy atom. The second kappa shape index (κ2) is 4.17. The molecule has 0 radical (unpaired) electrons. The molecule has 2 atom stereocenters. The molecule has 6 heteroatoms. The number of rotatable bonds is 1. The molecule has 1 fully saturated rings. The van der Waals surface area contributed by atoms with Crippen molar-refractivity contribution < 1.29 is 19.4 Å².